The molecule has 3 aromatic carbocycles. The maximum absolute atomic E-state index is 12.4. The quantitative estimate of drug-likeness (QED) is 0.665. The third kappa shape index (κ3) is 4.14. The molecule has 0 saturated carbocycles. The normalized spacial score (nSPS) is 10.8. The van der Waals surface area contributed by atoms with Gasteiger partial charge in [0.15, 0.2) is 0 Å². The highest BCUT2D eigenvalue weighted by Gasteiger charge is 2.17. The Hall–Kier alpha value is -3.01. The van der Waals surface area contributed by atoms with Crippen molar-refractivity contribution in [2.24, 2.45) is 0 Å². The predicted molar refractivity (Wildman–Crippen MR) is 103 cm³/mol. The third-order valence-electron chi connectivity index (χ3n) is 3.54. The standard InChI is InChI=1S/C19H14ClN3O2S/c20-18-6-1-2-7-19(18)26(24,25)23-16-10-8-15(9-11-16)22-17-5-3-4-14(12-17)13-21/h1-12,22-23H. The lowest BCUT2D eigenvalue weighted by atomic mass is 10.2. The van der Waals surface area contributed by atoms with Crippen LogP contribution in [0.2, 0.25) is 5.02 Å². The topological polar surface area (TPSA) is 82.0 Å². The Morgan fingerprint density at radius 1 is 0.846 bits per heavy atom. The Balaban J connectivity index is 1.76. The smallest absolute Gasteiger partial charge is 0.263 e. The highest BCUT2D eigenvalue weighted by atomic mass is 35.5. The van der Waals surface area contributed by atoms with E-state index in [2.05, 4.69) is 16.1 Å². The molecule has 3 aromatic rings. The van der Waals surface area contributed by atoms with Crippen molar-refractivity contribution in [3.05, 3.63) is 83.4 Å². The van der Waals surface area contributed by atoms with E-state index in [9.17, 15) is 8.42 Å². The Kier molecular flexibility index (Phi) is 5.12. The van der Waals surface area contributed by atoms with Crippen LogP contribution in [-0.4, -0.2) is 8.42 Å². The number of rotatable bonds is 5. The molecular formula is C19H14ClN3O2S. The van der Waals surface area contributed by atoms with E-state index < -0.39 is 10.0 Å². The van der Waals surface area contributed by atoms with Gasteiger partial charge in [-0.25, -0.2) is 8.42 Å². The number of anilines is 3. The van der Waals surface area contributed by atoms with Gasteiger partial charge in [-0.3, -0.25) is 4.72 Å². The first-order chi connectivity index (χ1) is 12.5. The Bertz CT molecular complexity index is 1070. The zero-order chi connectivity index (χ0) is 18.6. The second-order valence-electron chi connectivity index (χ2n) is 5.43. The zero-order valence-electron chi connectivity index (χ0n) is 13.5. The van der Waals surface area contributed by atoms with E-state index in [0.29, 0.717) is 11.3 Å². The van der Waals surface area contributed by atoms with Gasteiger partial charge in [0.2, 0.25) is 0 Å². The van der Waals surface area contributed by atoms with E-state index in [4.69, 9.17) is 16.9 Å². The van der Waals surface area contributed by atoms with E-state index in [0.717, 1.165) is 11.4 Å². The molecule has 0 aromatic heterocycles. The van der Waals surface area contributed by atoms with Gasteiger partial charge in [-0.1, -0.05) is 29.8 Å². The fourth-order valence-corrected chi connectivity index (χ4v) is 3.91. The SMILES string of the molecule is N#Cc1cccc(Nc2ccc(NS(=O)(=O)c3ccccc3Cl)cc2)c1. The first-order valence-electron chi connectivity index (χ1n) is 7.62. The lowest BCUT2D eigenvalue weighted by Crippen LogP contribution is -2.13. The lowest BCUT2D eigenvalue weighted by Gasteiger charge is -2.11. The van der Waals surface area contributed by atoms with Crippen molar-refractivity contribution in [2.75, 3.05) is 10.0 Å². The molecule has 3 rings (SSSR count). The average Bonchev–Trinajstić information content (AvgIpc) is 2.63. The Morgan fingerprint density at radius 3 is 2.23 bits per heavy atom. The van der Waals surface area contributed by atoms with Gasteiger partial charge >= 0.3 is 0 Å². The van der Waals surface area contributed by atoms with Crippen molar-refractivity contribution in [2.45, 2.75) is 4.90 Å². The predicted octanol–water partition coefficient (Wildman–Crippen LogP) is 4.76. The van der Waals surface area contributed by atoms with E-state index in [1.54, 1.807) is 54.6 Å². The highest BCUT2D eigenvalue weighted by Crippen LogP contribution is 2.25. The minimum absolute atomic E-state index is 0.0252. The molecular weight excluding hydrogens is 370 g/mol. The van der Waals surface area contributed by atoms with E-state index in [-0.39, 0.29) is 9.92 Å². The summed E-state index contributed by atoms with van der Waals surface area (Å²) in [6, 6.07) is 22.2. The fraction of sp³-hybridized carbons (Fsp3) is 0. The number of hydrogen-bond donors (Lipinski definition) is 2. The summed E-state index contributed by atoms with van der Waals surface area (Å²) in [5, 5.41) is 12.3. The molecule has 130 valence electrons. The van der Waals surface area contributed by atoms with Crippen LogP contribution in [0.25, 0.3) is 0 Å². The van der Waals surface area contributed by atoms with Crippen molar-refractivity contribution in [1.29, 1.82) is 5.26 Å². The van der Waals surface area contributed by atoms with Crippen LogP contribution in [0.1, 0.15) is 5.56 Å². The summed E-state index contributed by atoms with van der Waals surface area (Å²) < 4.78 is 27.4. The second-order valence-corrected chi connectivity index (χ2v) is 7.49. The molecule has 26 heavy (non-hydrogen) atoms. The van der Waals surface area contributed by atoms with Gasteiger partial charge in [0.05, 0.1) is 16.7 Å². The van der Waals surface area contributed by atoms with Gasteiger partial charge in [-0.2, -0.15) is 5.26 Å². The molecule has 0 amide bonds. The molecule has 0 unspecified atom stereocenters. The molecule has 0 bridgehead atoms. The molecule has 0 spiro atoms. The van der Waals surface area contributed by atoms with Crippen LogP contribution in [0.4, 0.5) is 17.1 Å². The summed E-state index contributed by atoms with van der Waals surface area (Å²) in [7, 11) is -3.76. The van der Waals surface area contributed by atoms with Crippen molar-refractivity contribution < 1.29 is 8.42 Å². The molecule has 2 N–H and O–H groups in total. The van der Waals surface area contributed by atoms with Crippen LogP contribution in [0.3, 0.4) is 0 Å². The van der Waals surface area contributed by atoms with Crippen LogP contribution in [0.5, 0.6) is 0 Å². The van der Waals surface area contributed by atoms with Crippen molar-refractivity contribution in [1.82, 2.24) is 0 Å². The van der Waals surface area contributed by atoms with Gasteiger partial charge < -0.3 is 5.32 Å². The molecule has 0 fully saturated rings. The number of benzene rings is 3. The number of hydrogen-bond acceptors (Lipinski definition) is 4. The molecule has 0 saturated heterocycles. The van der Waals surface area contributed by atoms with Crippen LogP contribution in [0.15, 0.2) is 77.7 Å². The molecule has 0 aliphatic rings. The third-order valence-corrected chi connectivity index (χ3v) is 5.42. The van der Waals surface area contributed by atoms with Crippen LogP contribution >= 0.6 is 11.6 Å². The van der Waals surface area contributed by atoms with E-state index >= 15 is 0 Å². The maximum atomic E-state index is 12.4. The molecule has 0 aliphatic heterocycles. The number of halogens is 1. The maximum Gasteiger partial charge on any atom is 0.263 e. The molecule has 0 aliphatic carbocycles. The van der Waals surface area contributed by atoms with Crippen LogP contribution in [-0.2, 0) is 10.0 Å². The van der Waals surface area contributed by atoms with Crippen molar-refractivity contribution in [3.8, 4) is 6.07 Å². The summed E-state index contributed by atoms with van der Waals surface area (Å²) in [6.07, 6.45) is 0. The van der Waals surface area contributed by atoms with Gasteiger partial charge in [0.25, 0.3) is 10.0 Å². The zero-order valence-corrected chi connectivity index (χ0v) is 15.1. The van der Waals surface area contributed by atoms with Crippen molar-refractivity contribution >= 4 is 38.7 Å². The summed E-state index contributed by atoms with van der Waals surface area (Å²) in [5.41, 5.74) is 2.51. The van der Waals surface area contributed by atoms with Crippen molar-refractivity contribution in [3.63, 3.8) is 0 Å². The number of sulfonamides is 1. The van der Waals surface area contributed by atoms with E-state index in [1.165, 1.54) is 12.1 Å². The van der Waals surface area contributed by atoms with Gasteiger partial charge in [0.1, 0.15) is 4.90 Å². The van der Waals surface area contributed by atoms with Gasteiger partial charge in [-0.05, 0) is 54.6 Å². The minimum Gasteiger partial charge on any atom is -0.355 e. The molecule has 7 heteroatoms. The summed E-state index contributed by atoms with van der Waals surface area (Å²) in [4.78, 5) is 0.0252. The summed E-state index contributed by atoms with van der Waals surface area (Å²) >= 11 is 5.96. The fourth-order valence-electron chi connectivity index (χ4n) is 2.33. The summed E-state index contributed by atoms with van der Waals surface area (Å²) in [6.45, 7) is 0. The highest BCUT2D eigenvalue weighted by molar-refractivity contribution is 7.92. The van der Waals surface area contributed by atoms with Gasteiger partial charge in [0, 0.05) is 17.1 Å². The van der Waals surface area contributed by atoms with Crippen LogP contribution < -0.4 is 10.0 Å². The largest absolute Gasteiger partial charge is 0.355 e. The molecule has 5 nitrogen and oxygen atoms in total. The second kappa shape index (κ2) is 7.48. The number of nitrogens with zero attached hydrogens (tertiary/aromatic N) is 1. The number of nitriles is 1. The van der Waals surface area contributed by atoms with E-state index in [1.807, 2.05) is 6.07 Å². The van der Waals surface area contributed by atoms with Crippen LogP contribution in [0, 0.1) is 11.3 Å². The monoisotopic (exact) mass is 383 g/mol. The number of nitrogens with one attached hydrogen (secondary N) is 2. The Labute approximate surface area is 156 Å². The Morgan fingerprint density at radius 2 is 1.54 bits per heavy atom. The first kappa shape index (κ1) is 17.8. The average molecular weight is 384 g/mol. The van der Waals surface area contributed by atoms with Gasteiger partial charge in [-0.15, -0.1) is 0 Å². The lowest BCUT2D eigenvalue weighted by molar-refractivity contribution is 0.601. The summed E-state index contributed by atoms with van der Waals surface area (Å²) in [5.74, 6) is 0. The molecule has 0 heterocycles. The molecule has 0 radical (unpaired) electrons. The molecule has 0 atom stereocenters. The first-order valence-corrected chi connectivity index (χ1v) is 9.49. The minimum atomic E-state index is -3.76.